The summed E-state index contributed by atoms with van der Waals surface area (Å²) in [6, 6.07) is 0. The summed E-state index contributed by atoms with van der Waals surface area (Å²) in [4.78, 5) is 72.9. The number of ether oxygens (including phenoxy) is 4. The van der Waals surface area contributed by atoms with Gasteiger partial charge in [0.2, 0.25) is 0 Å². The van der Waals surface area contributed by atoms with Gasteiger partial charge in [-0.15, -0.1) is 0 Å². The lowest BCUT2D eigenvalue weighted by atomic mass is 9.99. The molecule has 3 unspecified atom stereocenters. The predicted octanol–water partition coefficient (Wildman–Crippen LogP) is 23.9. The predicted molar refractivity (Wildman–Crippen MR) is 405 cm³/mol. The first kappa shape index (κ1) is 97.1. The Hall–Kier alpha value is -1.94. The van der Waals surface area contributed by atoms with E-state index in [4.69, 9.17) is 37.0 Å². The molecule has 0 aromatic rings. The van der Waals surface area contributed by atoms with Crippen molar-refractivity contribution in [2.75, 3.05) is 39.6 Å². The van der Waals surface area contributed by atoms with Crippen LogP contribution in [0.5, 0.6) is 0 Å². The summed E-state index contributed by atoms with van der Waals surface area (Å²) < 4.78 is 68.7. The van der Waals surface area contributed by atoms with E-state index in [0.717, 1.165) is 102 Å². The summed E-state index contributed by atoms with van der Waals surface area (Å²) in [6.07, 6.45) is 61.1. The summed E-state index contributed by atoms with van der Waals surface area (Å²) in [5.74, 6) is -0.555. The van der Waals surface area contributed by atoms with Crippen LogP contribution in [0.2, 0.25) is 0 Å². The van der Waals surface area contributed by atoms with Gasteiger partial charge in [0.15, 0.2) is 12.2 Å². The lowest BCUT2D eigenvalue weighted by molar-refractivity contribution is -0.161. The molecule has 0 radical (unpaired) electrons. The molecule has 19 heteroatoms. The number of esters is 4. The fourth-order valence-corrected chi connectivity index (χ4v) is 13.9. The number of carbonyl (C=O) groups is 4. The van der Waals surface area contributed by atoms with Crippen LogP contribution in [0.3, 0.4) is 0 Å². The molecule has 0 heterocycles. The molecule has 0 amide bonds. The first-order chi connectivity index (χ1) is 47.9. The fourth-order valence-electron chi connectivity index (χ4n) is 12.3. The third-order valence-corrected chi connectivity index (χ3v) is 21.0. The molecule has 17 nitrogen and oxygen atoms in total. The smallest absolute Gasteiger partial charge is 0.462 e. The van der Waals surface area contributed by atoms with Gasteiger partial charge in [-0.2, -0.15) is 0 Å². The molecule has 0 aromatic carbocycles. The Morgan fingerprint density at radius 1 is 0.293 bits per heavy atom. The Kier molecular flexibility index (Phi) is 70.3. The summed E-state index contributed by atoms with van der Waals surface area (Å²) in [5, 5.41) is 10.6. The molecule has 0 aliphatic rings. The van der Waals surface area contributed by atoms with Gasteiger partial charge in [-0.25, -0.2) is 9.13 Å². The van der Waals surface area contributed by atoms with E-state index in [0.29, 0.717) is 31.6 Å². The Morgan fingerprint density at radius 3 is 0.768 bits per heavy atom. The van der Waals surface area contributed by atoms with Crippen molar-refractivity contribution in [1.29, 1.82) is 0 Å². The van der Waals surface area contributed by atoms with E-state index < -0.39 is 97.5 Å². The SMILES string of the molecule is CCCCCCCCCCCCCCCCCCCCCC(=O)O[C@H](COC(=O)CCCCCCCCCCCCCCCCC(C)CC)COP(=O)(O)OC[C@@H](O)COP(=O)(O)OC[C@@H](COC(=O)CCCCCCCCCC(C)C)OC(=O)CCCCCCCCCCCCCC. The van der Waals surface area contributed by atoms with Crippen molar-refractivity contribution in [3.05, 3.63) is 0 Å². The van der Waals surface area contributed by atoms with Crippen LogP contribution in [-0.4, -0.2) is 96.7 Å². The van der Waals surface area contributed by atoms with Crippen LogP contribution in [0.15, 0.2) is 0 Å². The van der Waals surface area contributed by atoms with Crippen LogP contribution in [0.4, 0.5) is 0 Å². The average Bonchev–Trinajstić information content (AvgIpc) is 1.00. The highest BCUT2D eigenvalue weighted by molar-refractivity contribution is 7.47. The highest BCUT2D eigenvalue weighted by atomic mass is 31.2. The third kappa shape index (κ3) is 72.8. The van der Waals surface area contributed by atoms with E-state index in [1.165, 1.54) is 231 Å². The van der Waals surface area contributed by atoms with Crippen molar-refractivity contribution in [1.82, 2.24) is 0 Å². The molecule has 3 N–H and O–H groups in total. The molecule has 0 aromatic heterocycles. The maximum Gasteiger partial charge on any atom is 0.472 e. The van der Waals surface area contributed by atoms with Crippen LogP contribution >= 0.6 is 15.6 Å². The van der Waals surface area contributed by atoms with Gasteiger partial charge in [0.1, 0.15) is 19.3 Å². The lowest BCUT2D eigenvalue weighted by Crippen LogP contribution is -2.30. The number of phosphoric ester groups is 2. The number of hydrogen-bond donors (Lipinski definition) is 3. The second-order valence-corrected chi connectivity index (χ2v) is 32.4. The van der Waals surface area contributed by atoms with E-state index in [1.807, 2.05) is 0 Å². The normalized spacial score (nSPS) is 14.2. The van der Waals surface area contributed by atoms with Crippen LogP contribution in [0, 0.1) is 11.8 Å². The number of aliphatic hydroxyl groups excluding tert-OH is 1. The molecule has 0 rings (SSSR count). The third-order valence-electron chi connectivity index (χ3n) is 19.1. The Morgan fingerprint density at radius 2 is 0.515 bits per heavy atom. The second kappa shape index (κ2) is 71.7. The van der Waals surface area contributed by atoms with E-state index in [1.54, 1.807) is 0 Å². The van der Waals surface area contributed by atoms with Gasteiger partial charge in [0.05, 0.1) is 26.4 Å². The van der Waals surface area contributed by atoms with E-state index in [-0.39, 0.29) is 25.7 Å². The monoisotopic (exact) mass is 1450 g/mol. The van der Waals surface area contributed by atoms with Crippen molar-refractivity contribution in [2.24, 2.45) is 11.8 Å². The minimum atomic E-state index is -4.96. The maximum atomic E-state index is 13.1. The molecule has 0 bridgehead atoms. The number of unbranched alkanes of at least 4 members (excludes halogenated alkanes) is 48. The standard InChI is InChI=1S/C80H156O17P2/c1-7-10-12-14-16-18-20-22-23-24-25-26-27-32-36-40-46-53-59-65-80(85)96-75(68-90-77(82)62-56-50-44-38-35-31-29-28-30-33-37-43-49-55-61-73(6)9-3)70-94-98(86,87)92-66-74(81)67-93-99(88,89)95-71-76(69-91-78(83)63-57-51-47-41-42-48-54-60-72(4)5)97-79(84)64-58-52-45-39-34-21-19-17-15-13-11-8-2/h72-76,81H,7-71H2,1-6H3,(H,86,87)(H,88,89)/t73?,74-,75-,76-/m1/s1. The lowest BCUT2D eigenvalue weighted by Gasteiger charge is -2.21. The van der Waals surface area contributed by atoms with E-state index in [9.17, 15) is 43.2 Å². The Labute approximate surface area is 607 Å². The van der Waals surface area contributed by atoms with Crippen LogP contribution in [-0.2, 0) is 65.4 Å². The number of phosphoric acid groups is 2. The molecule has 99 heavy (non-hydrogen) atoms. The summed E-state index contributed by atoms with van der Waals surface area (Å²) in [6.45, 7) is 9.63. The van der Waals surface area contributed by atoms with Crippen LogP contribution in [0.1, 0.15) is 420 Å². The van der Waals surface area contributed by atoms with Crippen molar-refractivity contribution in [3.63, 3.8) is 0 Å². The van der Waals surface area contributed by atoms with E-state index >= 15 is 0 Å². The zero-order valence-electron chi connectivity index (χ0n) is 64.8. The minimum Gasteiger partial charge on any atom is -0.462 e. The largest absolute Gasteiger partial charge is 0.472 e. The summed E-state index contributed by atoms with van der Waals surface area (Å²) >= 11 is 0. The number of rotatable bonds is 79. The highest BCUT2D eigenvalue weighted by Crippen LogP contribution is 2.45. The highest BCUT2D eigenvalue weighted by Gasteiger charge is 2.30. The van der Waals surface area contributed by atoms with Gasteiger partial charge >= 0.3 is 39.5 Å². The topological polar surface area (TPSA) is 237 Å². The average molecular weight is 1450 g/mol. The summed E-state index contributed by atoms with van der Waals surface area (Å²) in [5.41, 5.74) is 0. The van der Waals surface area contributed by atoms with Crippen LogP contribution < -0.4 is 0 Å². The van der Waals surface area contributed by atoms with Gasteiger partial charge in [-0.05, 0) is 37.5 Å². The molecule has 0 aliphatic heterocycles. The minimum absolute atomic E-state index is 0.107. The van der Waals surface area contributed by atoms with Gasteiger partial charge < -0.3 is 33.8 Å². The fraction of sp³-hybridized carbons (Fsp3) is 0.950. The molecular weight excluding hydrogens is 1290 g/mol. The number of carbonyl (C=O) groups excluding carboxylic acids is 4. The Balaban J connectivity index is 5.23. The number of hydrogen-bond acceptors (Lipinski definition) is 15. The maximum absolute atomic E-state index is 13.1. The quantitative estimate of drug-likeness (QED) is 0.0222. The van der Waals surface area contributed by atoms with Crippen LogP contribution in [0.25, 0.3) is 0 Å². The van der Waals surface area contributed by atoms with E-state index in [2.05, 4.69) is 41.5 Å². The molecule has 588 valence electrons. The molecule has 0 fully saturated rings. The molecular formula is C80H156O17P2. The van der Waals surface area contributed by atoms with Gasteiger partial charge in [0, 0.05) is 25.7 Å². The Bertz CT molecular complexity index is 1910. The first-order valence-electron chi connectivity index (χ1n) is 41.5. The van der Waals surface area contributed by atoms with Gasteiger partial charge in [-0.3, -0.25) is 37.3 Å². The molecule has 6 atom stereocenters. The zero-order valence-corrected chi connectivity index (χ0v) is 66.6. The van der Waals surface area contributed by atoms with Crippen molar-refractivity contribution < 1.29 is 80.2 Å². The molecule has 0 aliphatic carbocycles. The molecule has 0 saturated carbocycles. The van der Waals surface area contributed by atoms with Crippen molar-refractivity contribution in [3.8, 4) is 0 Å². The second-order valence-electron chi connectivity index (χ2n) is 29.5. The zero-order chi connectivity index (χ0) is 72.8. The van der Waals surface area contributed by atoms with Gasteiger partial charge in [0.25, 0.3) is 0 Å². The van der Waals surface area contributed by atoms with Crippen molar-refractivity contribution in [2.45, 2.75) is 439 Å². The van der Waals surface area contributed by atoms with Crippen molar-refractivity contribution >= 4 is 39.5 Å². The summed E-state index contributed by atoms with van der Waals surface area (Å²) in [7, 11) is -9.92. The first-order valence-corrected chi connectivity index (χ1v) is 44.5. The number of aliphatic hydroxyl groups is 1. The van der Waals surface area contributed by atoms with Gasteiger partial charge in [-0.1, -0.05) is 369 Å². The molecule has 0 spiro atoms. The molecule has 0 saturated heterocycles.